The van der Waals surface area contributed by atoms with Crippen LogP contribution in [0.25, 0.3) is 0 Å². The van der Waals surface area contributed by atoms with Crippen LogP contribution < -0.4 is 16.2 Å². The van der Waals surface area contributed by atoms with Crippen LogP contribution in [-0.4, -0.2) is 29.0 Å². The monoisotopic (exact) mass is 320 g/mol. The Kier molecular flexibility index (Phi) is 5.55. The molecule has 0 spiro atoms. The molecule has 2 aromatic rings. The molecule has 2 heterocycles. The van der Waals surface area contributed by atoms with Gasteiger partial charge in [-0.3, -0.25) is 9.59 Å². The van der Waals surface area contributed by atoms with Gasteiger partial charge in [-0.15, -0.1) is 0 Å². The van der Waals surface area contributed by atoms with Gasteiger partial charge in [-0.2, -0.15) is 0 Å². The second-order valence-electron chi connectivity index (χ2n) is 4.82. The van der Waals surface area contributed by atoms with E-state index in [-0.39, 0.29) is 5.56 Å². The van der Waals surface area contributed by atoms with Gasteiger partial charge < -0.3 is 15.6 Å². The Morgan fingerprint density at radius 3 is 2.91 bits per heavy atom. The predicted octanol–water partition coefficient (Wildman–Crippen LogP) is 1.96. The first-order chi connectivity index (χ1) is 10.6. The molecule has 3 N–H and O–H groups in total. The summed E-state index contributed by atoms with van der Waals surface area (Å²) in [5.74, 6) is 0.362. The van der Waals surface area contributed by atoms with Crippen molar-refractivity contribution >= 4 is 23.3 Å². The summed E-state index contributed by atoms with van der Waals surface area (Å²) >= 11 is 5.76. The number of halogens is 1. The second-order valence-corrected chi connectivity index (χ2v) is 5.25. The molecule has 0 atom stereocenters. The van der Waals surface area contributed by atoms with Crippen molar-refractivity contribution in [1.82, 2.24) is 15.3 Å². The highest BCUT2D eigenvalue weighted by Crippen LogP contribution is 2.05. The van der Waals surface area contributed by atoms with Crippen molar-refractivity contribution in [2.75, 3.05) is 18.4 Å². The number of hydrogen-bond donors (Lipinski definition) is 3. The van der Waals surface area contributed by atoms with Crippen molar-refractivity contribution in [3.63, 3.8) is 0 Å². The standard InChI is InChI=1S/C15H17ClN4O2/c1-10-3-4-13(19-8-10)17-5-2-6-18-14(21)12-7-11(16)9-20-15(12)22/h3-4,7-9H,2,5-6H2,1H3,(H,17,19)(H,18,21)(H,20,22). The van der Waals surface area contributed by atoms with Crippen molar-refractivity contribution in [2.45, 2.75) is 13.3 Å². The van der Waals surface area contributed by atoms with E-state index >= 15 is 0 Å². The summed E-state index contributed by atoms with van der Waals surface area (Å²) in [6, 6.07) is 5.23. The Balaban J connectivity index is 1.74. The van der Waals surface area contributed by atoms with Gasteiger partial charge in [0.15, 0.2) is 0 Å². The largest absolute Gasteiger partial charge is 0.370 e. The normalized spacial score (nSPS) is 10.3. The number of aromatic nitrogens is 2. The van der Waals surface area contributed by atoms with Gasteiger partial charge in [0.2, 0.25) is 0 Å². The average molecular weight is 321 g/mol. The quantitative estimate of drug-likeness (QED) is 0.710. The molecule has 2 rings (SSSR count). The molecule has 0 saturated carbocycles. The summed E-state index contributed by atoms with van der Waals surface area (Å²) in [5, 5.41) is 6.16. The van der Waals surface area contributed by atoms with Gasteiger partial charge in [0.05, 0.1) is 5.02 Å². The SMILES string of the molecule is Cc1ccc(NCCCNC(=O)c2cc(Cl)c[nH]c2=O)nc1. The van der Waals surface area contributed by atoms with Crippen molar-refractivity contribution in [3.8, 4) is 0 Å². The molecule has 22 heavy (non-hydrogen) atoms. The smallest absolute Gasteiger partial charge is 0.260 e. The number of H-pyrrole nitrogens is 1. The molecule has 116 valence electrons. The van der Waals surface area contributed by atoms with Crippen LogP contribution in [0.5, 0.6) is 0 Å². The highest BCUT2D eigenvalue weighted by molar-refractivity contribution is 6.30. The Morgan fingerprint density at radius 2 is 2.18 bits per heavy atom. The number of carbonyl (C=O) groups is 1. The fraction of sp³-hybridized carbons (Fsp3) is 0.267. The Hall–Kier alpha value is -2.34. The van der Waals surface area contributed by atoms with E-state index in [2.05, 4.69) is 20.6 Å². The predicted molar refractivity (Wildman–Crippen MR) is 86.5 cm³/mol. The third-order valence-corrected chi connectivity index (χ3v) is 3.19. The zero-order chi connectivity index (χ0) is 15.9. The fourth-order valence-electron chi connectivity index (χ4n) is 1.80. The topological polar surface area (TPSA) is 86.9 Å². The van der Waals surface area contributed by atoms with Crippen LogP contribution >= 0.6 is 11.6 Å². The summed E-state index contributed by atoms with van der Waals surface area (Å²) in [6.07, 6.45) is 3.84. The summed E-state index contributed by atoms with van der Waals surface area (Å²) in [7, 11) is 0. The summed E-state index contributed by atoms with van der Waals surface area (Å²) in [4.78, 5) is 30.0. The molecule has 7 heteroatoms. The molecule has 0 bridgehead atoms. The van der Waals surface area contributed by atoms with Crippen LogP contribution in [-0.2, 0) is 0 Å². The molecule has 0 aliphatic carbocycles. The zero-order valence-corrected chi connectivity index (χ0v) is 12.9. The Labute approximate surface area is 132 Å². The number of carbonyl (C=O) groups excluding carboxylic acids is 1. The van der Waals surface area contributed by atoms with Crippen molar-refractivity contribution < 1.29 is 4.79 Å². The van der Waals surface area contributed by atoms with Gasteiger partial charge in [-0.1, -0.05) is 17.7 Å². The molecule has 0 fully saturated rings. The summed E-state index contributed by atoms with van der Waals surface area (Å²) < 4.78 is 0. The number of pyridine rings is 2. The first kappa shape index (κ1) is 16.0. The molecular formula is C15H17ClN4O2. The highest BCUT2D eigenvalue weighted by Gasteiger charge is 2.10. The maximum atomic E-state index is 11.9. The van der Waals surface area contributed by atoms with Gasteiger partial charge in [-0.05, 0) is 31.0 Å². The van der Waals surface area contributed by atoms with Crippen LogP contribution in [0.4, 0.5) is 5.82 Å². The van der Waals surface area contributed by atoms with Crippen LogP contribution in [0.3, 0.4) is 0 Å². The molecule has 0 aromatic carbocycles. The van der Waals surface area contributed by atoms with Gasteiger partial charge in [-0.25, -0.2) is 4.98 Å². The third kappa shape index (κ3) is 4.60. The zero-order valence-electron chi connectivity index (χ0n) is 12.1. The minimum absolute atomic E-state index is 0.0145. The van der Waals surface area contributed by atoms with Crippen LogP contribution in [0.2, 0.25) is 5.02 Å². The minimum Gasteiger partial charge on any atom is -0.370 e. The van der Waals surface area contributed by atoms with Gasteiger partial charge in [0.1, 0.15) is 11.4 Å². The lowest BCUT2D eigenvalue weighted by molar-refractivity contribution is 0.0952. The van der Waals surface area contributed by atoms with Gasteiger partial charge in [0, 0.05) is 25.5 Å². The molecule has 0 radical (unpaired) electrons. The van der Waals surface area contributed by atoms with Crippen LogP contribution in [0.1, 0.15) is 22.3 Å². The molecule has 6 nitrogen and oxygen atoms in total. The first-order valence-electron chi connectivity index (χ1n) is 6.89. The molecule has 0 unspecified atom stereocenters. The lowest BCUT2D eigenvalue weighted by Crippen LogP contribution is -2.30. The average Bonchev–Trinajstić information content (AvgIpc) is 2.51. The Bertz CT molecular complexity index is 697. The molecular weight excluding hydrogens is 304 g/mol. The third-order valence-electron chi connectivity index (χ3n) is 2.97. The van der Waals surface area contributed by atoms with E-state index in [9.17, 15) is 9.59 Å². The summed E-state index contributed by atoms with van der Waals surface area (Å²) in [5.41, 5.74) is 0.661. The van der Waals surface area contributed by atoms with E-state index in [1.807, 2.05) is 19.1 Å². The van der Waals surface area contributed by atoms with E-state index in [0.29, 0.717) is 24.5 Å². The van der Waals surface area contributed by atoms with E-state index in [1.54, 1.807) is 6.20 Å². The number of rotatable bonds is 6. The lowest BCUT2D eigenvalue weighted by atomic mass is 10.2. The number of anilines is 1. The van der Waals surface area contributed by atoms with Gasteiger partial charge in [0.25, 0.3) is 11.5 Å². The lowest BCUT2D eigenvalue weighted by Gasteiger charge is -2.07. The highest BCUT2D eigenvalue weighted by atomic mass is 35.5. The van der Waals surface area contributed by atoms with E-state index in [0.717, 1.165) is 11.4 Å². The first-order valence-corrected chi connectivity index (χ1v) is 7.27. The van der Waals surface area contributed by atoms with E-state index in [1.165, 1.54) is 12.3 Å². The number of hydrogen-bond acceptors (Lipinski definition) is 4. The van der Waals surface area contributed by atoms with Crippen LogP contribution in [0, 0.1) is 6.92 Å². The molecule has 0 aliphatic heterocycles. The second kappa shape index (κ2) is 7.61. The maximum Gasteiger partial charge on any atom is 0.260 e. The molecule has 0 aliphatic rings. The molecule has 2 aromatic heterocycles. The number of aromatic amines is 1. The van der Waals surface area contributed by atoms with Gasteiger partial charge >= 0.3 is 0 Å². The number of nitrogens with zero attached hydrogens (tertiary/aromatic N) is 1. The van der Waals surface area contributed by atoms with Crippen molar-refractivity contribution in [3.05, 3.63) is 57.1 Å². The van der Waals surface area contributed by atoms with Crippen molar-refractivity contribution in [1.29, 1.82) is 0 Å². The summed E-state index contributed by atoms with van der Waals surface area (Å²) in [6.45, 7) is 3.09. The number of nitrogens with one attached hydrogen (secondary N) is 3. The maximum absolute atomic E-state index is 11.9. The number of amides is 1. The number of aryl methyl sites for hydroxylation is 1. The fourth-order valence-corrected chi connectivity index (χ4v) is 1.96. The Morgan fingerprint density at radius 1 is 1.36 bits per heavy atom. The van der Waals surface area contributed by atoms with E-state index in [4.69, 9.17) is 11.6 Å². The molecule has 1 amide bonds. The minimum atomic E-state index is -0.455. The van der Waals surface area contributed by atoms with Crippen molar-refractivity contribution in [2.24, 2.45) is 0 Å². The molecule has 0 saturated heterocycles. The van der Waals surface area contributed by atoms with E-state index < -0.39 is 11.5 Å². The van der Waals surface area contributed by atoms with Crippen LogP contribution in [0.15, 0.2) is 35.4 Å².